The highest BCUT2D eigenvalue weighted by Gasteiger charge is 2.32. The van der Waals surface area contributed by atoms with Crippen LogP contribution in [0.5, 0.6) is 0 Å². The van der Waals surface area contributed by atoms with Crippen LogP contribution in [-0.4, -0.2) is 51.6 Å². The van der Waals surface area contributed by atoms with Gasteiger partial charge in [0.1, 0.15) is 6.04 Å². The molecule has 0 aliphatic carbocycles. The van der Waals surface area contributed by atoms with Gasteiger partial charge in [-0.05, 0) is 12.3 Å². The molecule has 0 aromatic rings. The summed E-state index contributed by atoms with van der Waals surface area (Å²) < 4.78 is 11.4. The first-order chi connectivity index (χ1) is 8.43. The summed E-state index contributed by atoms with van der Waals surface area (Å²) in [6, 6.07) is -0.415. The van der Waals surface area contributed by atoms with Crippen LogP contribution in [0.4, 0.5) is 0 Å². The van der Waals surface area contributed by atoms with Crippen LogP contribution in [0.1, 0.15) is 27.2 Å². The highest BCUT2D eigenvalue weighted by molar-refractivity contribution is 7.84. The van der Waals surface area contributed by atoms with Gasteiger partial charge in [-0.15, -0.1) is 0 Å². The van der Waals surface area contributed by atoms with Crippen molar-refractivity contribution in [3.8, 4) is 0 Å². The summed E-state index contributed by atoms with van der Waals surface area (Å²) >= 11 is 0. The van der Waals surface area contributed by atoms with Crippen LogP contribution in [0.2, 0.25) is 0 Å². The number of hydrogen-bond donors (Lipinski definition) is 1. The van der Waals surface area contributed by atoms with E-state index >= 15 is 0 Å². The van der Waals surface area contributed by atoms with E-state index < -0.39 is 16.8 Å². The van der Waals surface area contributed by atoms with E-state index in [4.69, 9.17) is 0 Å². The topological polar surface area (TPSA) is 66.5 Å². The Bertz CT molecular complexity index is 344. The molecule has 1 aliphatic heterocycles. The molecule has 1 N–H and O–H groups in total. The lowest BCUT2D eigenvalue weighted by atomic mass is 10.0. The third kappa shape index (κ3) is 4.40. The summed E-state index contributed by atoms with van der Waals surface area (Å²) in [7, 11) is -0.902. The molecule has 2 unspecified atom stereocenters. The van der Waals surface area contributed by atoms with Gasteiger partial charge in [0.25, 0.3) is 0 Å². The maximum atomic E-state index is 12.1. The normalized spacial score (nSPS) is 22.2. The Balaban J connectivity index is 2.58. The molecule has 0 aromatic heterocycles. The summed E-state index contributed by atoms with van der Waals surface area (Å²) in [4.78, 5) is 25.2. The summed E-state index contributed by atoms with van der Waals surface area (Å²) in [6.45, 7) is 6.38. The average Bonchev–Trinajstić information content (AvgIpc) is 2.30. The lowest BCUT2D eigenvalue weighted by molar-refractivity contribution is -0.144. The minimum Gasteiger partial charge on any atom is -0.343 e. The van der Waals surface area contributed by atoms with E-state index in [9.17, 15) is 13.8 Å². The maximum absolute atomic E-state index is 12.1. The zero-order valence-electron chi connectivity index (χ0n) is 11.3. The molecule has 104 valence electrons. The minimum absolute atomic E-state index is 0.0450. The van der Waals surface area contributed by atoms with E-state index in [1.165, 1.54) is 4.90 Å². The van der Waals surface area contributed by atoms with E-state index in [0.29, 0.717) is 30.4 Å². The highest BCUT2D eigenvalue weighted by atomic mass is 32.2. The molecule has 1 heterocycles. The Morgan fingerprint density at radius 1 is 1.44 bits per heavy atom. The number of rotatable bonds is 6. The maximum Gasteiger partial charge on any atom is 0.245 e. The average molecular weight is 274 g/mol. The fourth-order valence-corrected chi connectivity index (χ4v) is 2.66. The van der Waals surface area contributed by atoms with Crippen molar-refractivity contribution >= 4 is 22.6 Å². The van der Waals surface area contributed by atoms with Crippen molar-refractivity contribution in [1.29, 1.82) is 0 Å². The first kappa shape index (κ1) is 15.1. The van der Waals surface area contributed by atoms with Gasteiger partial charge >= 0.3 is 0 Å². The molecule has 0 aromatic carbocycles. The number of carbonyl (C=O) groups excluding carboxylic acids is 2. The third-order valence-corrected chi connectivity index (χ3v) is 4.18. The van der Waals surface area contributed by atoms with Gasteiger partial charge in [0.05, 0.1) is 6.54 Å². The summed E-state index contributed by atoms with van der Waals surface area (Å²) in [5.74, 6) is 1.22. The Kier molecular flexibility index (Phi) is 5.78. The van der Waals surface area contributed by atoms with Gasteiger partial charge in [0.15, 0.2) is 0 Å². The first-order valence-corrected chi connectivity index (χ1v) is 7.86. The molecule has 2 atom stereocenters. The van der Waals surface area contributed by atoms with Gasteiger partial charge in [0.2, 0.25) is 11.8 Å². The molecular weight excluding hydrogens is 252 g/mol. The molecule has 1 saturated heterocycles. The highest BCUT2D eigenvalue weighted by Crippen LogP contribution is 2.11. The molecule has 1 fully saturated rings. The number of piperazine rings is 1. The van der Waals surface area contributed by atoms with E-state index in [0.717, 1.165) is 0 Å². The number of nitrogens with one attached hydrogen (secondary N) is 1. The Hall–Kier alpha value is -0.910. The van der Waals surface area contributed by atoms with Crippen molar-refractivity contribution in [3.05, 3.63) is 0 Å². The molecule has 0 spiro atoms. The van der Waals surface area contributed by atoms with Crippen LogP contribution < -0.4 is 5.32 Å². The van der Waals surface area contributed by atoms with Gasteiger partial charge in [-0.25, -0.2) is 0 Å². The van der Waals surface area contributed by atoms with Crippen molar-refractivity contribution in [3.63, 3.8) is 0 Å². The monoisotopic (exact) mass is 274 g/mol. The van der Waals surface area contributed by atoms with E-state index in [2.05, 4.69) is 5.32 Å². The molecule has 2 amide bonds. The van der Waals surface area contributed by atoms with Gasteiger partial charge < -0.3 is 10.2 Å². The molecule has 5 nitrogen and oxygen atoms in total. The van der Waals surface area contributed by atoms with Gasteiger partial charge in [-0.3, -0.25) is 13.8 Å². The molecule has 1 rings (SSSR count). The second-order valence-electron chi connectivity index (χ2n) is 4.94. The molecule has 6 heteroatoms. The summed E-state index contributed by atoms with van der Waals surface area (Å²) in [6.07, 6.45) is 0.651. The fourth-order valence-electron chi connectivity index (χ4n) is 1.95. The van der Waals surface area contributed by atoms with Crippen LogP contribution in [0.25, 0.3) is 0 Å². The van der Waals surface area contributed by atoms with Crippen molar-refractivity contribution in [2.75, 3.05) is 24.6 Å². The predicted molar refractivity (Wildman–Crippen MR) is 71.5 cm³/mol. The second-order valence-corrected chi connectivity index (χ2v) is 6.81. The first-order valence-electron chi connectivity index (χ1n) is 6.37. The van der Waals surface area contributed by atoms with Crippen molar-refractivity contribution in [2.24, 2.45) is 5.92 Å². The lowest BCUT2D eigenvalue weighted by Crippen LogP contribution is -2.58. The molecule has 1 aliphatic rings. The van der Waals surface area contributed by atoms with Crippen LogP contribution in [-0.2, 0) is 20.4 Å². The number of carbonyl (C=O) groups is 2. The van der Waals surface area contributed by atoms with Crippen LogP contribution >= 0.6 is 0 Å². The van der Waals surface area contributed by atoms with Crippen LogP contribution in [0.3, 0.4) is 0 Å². The van der Waals surface area contributed by atoms with Crippen molar-refractivity contribution in [1.82, 2.24) is 10.2 Å². The van der Waals surface area contributed by atoms with E-state index in [1.807, 2.05) is 20.8 Å². The van der Waals surface area contributed by atoms with Crippen molar-refractivity contribution in [2.45, 2.75) is 33.2 Å². The van der Waals surface area contributed by atoms with Gasteiger partial charge in [-0.1, -0.05) is 20.8 Å². The van der Waals surface area contributed by atoms with E-state index in [-0.39, 0.29) is 18.4 Å². The zero-order chi connectivity index (χ0) is 13.7. The molecule has 0 saturated carbocycles. The zero-order valence-corrected chi connectivity index (χ0v) is 12.1. The third-order valence-electron chi connectivity index (χ3n) is 2.90. The van der Waals surface area contributed by atoms with Crippen LogP contribution in [0.15, 0.2) is 0 Å². The quantitative estimate of drug-likeness (QED) is 0.748. The smallest absolute Gasteiger partial charge is 0.245 e. The standard InChI is InChI=1S/C12H22N2O3S/c1-4-18(17)6-5-14-8-11(15)13-10(12(14)16)7-9(2)3/h9-10H,4-8H2,1-3H3,(H,13,15). The van der Waals surface area contributed by atoms with Crippen LogP contribution in [0, 0.1) is 5.92 Å². The Morgan fingerprint density at radius 2 is 2.11 bits per heavy atom. The fraction of sp³-hybridized carbons (Fsp3) is 0.833. The number of hydrogen-bond acceptors (Lipinski definition) is 3. The van der Waals surface area contributed by atoms with Gasteiger partial charge in [-0.2, -0.15) is 0 Å². The second kappa shape index (κ2) is 6.87. The van der Waals surface area contributed by atoms with Crippen molar-refractivity contribution < 1.29 is 13.8 Å². The number of nitrogens with zero attached hydrogens (tertiary/aromatic N) is 1. The Labute approximate surface area is 111 Å². The minimum atomic E-state index is -0.902. The molecular formula is C12H22N2O3S. The largest absolute Gasteiger partial charge is 0.343 e. The molecule has 18 heavy (non-hydrogen) atoms. The summed E-state index contributed by atoms with van der Waals surface area (Å²) in [5.41, 5.74) is 0. The predicted octanol–water partition coefficient (Wildman–Crippen LogP) is 0.128. The Morgan fingerprint density at radius 3 is 2.67 bits per heavy atom. The van der Waals surface area contributed by atoms with E-state index in [1.54, 1.807) is 0 Å². The lowest BCUT2D eigenvalue weighted by Gasteiger charge is -2.33. The number of amides is 2. The summed E-state index contributed by atoms with van der Waals surface area (Å²) in [5, 5.41) is 2.72. The van der Waals surface area contributed by atoms with Gasteiger partial charge in [0, 0.05) is 28.9 Å². The molecule has 0 radical (unpaired) electrons. The SMILES string of the molecule is CCS(=O)CCN1CC(=O)NC(CC(C)C)C1=O. The molecule has 0 bridgehead atoms.